The highest BCUT2D eigenvalue weighted by molar-refractivity contribution is 5.27. The molecule has 0 atom stereocenters. The Morgan fingerprint density at radius 2 is 1.62 bits per heavy atom. The molecule has 0 aromatic heterocycles. The normalized spacial score (nSPS) is 11.6. The van der Waals surface area contributed by atoms with Gasteiger partial charge in [0.25, 0.3) is 0 Å². The molecule has 1 aromatic carbocycles. The number of rotatable bonds is 11. The minimum Gasteiger partial charge on any atom is -0.494 e. The third kappa shape index (κ3) is 6.01. The van der Waals surface area contributed by atoms with E-state index >= 15 is 0 Å². The molecule has 1 aromatic rings. The summed E-state index contributed by atoms with van der Waals surface area (Å²) in [4.78, 5) is 0. The van der Waals surface area contributed by atoms with Gasteiger partial charge in [-0.2, -0.15) is 0 Å². The highest BCUT2D eigenvalue weighted by atomic mass is 16.5. The molecule has 0 unspecified atom stereocenters. The summed E-state index contributed by atoms with van der Waals surface area (Å²) in [6, 6.07) is 7.67. The fourth-order valence-corrected chi connectivity index (χ4v) is 1.85. The second kappa shape index (κ2) is 9.73. The number of hydrogen-bond donors (Lipinski definition) is 4. The molecular weight excluding hydrogens is 270 g/mol. The summed E-state index contributed by atoms with van der Waals surface area (Å²) in [6.07, 6.45) is 3.41. The van der Waals surface area contributed by atoms with Crippen molar-refractivity contribution in [2.75, 3.05) is 26.4 Å². The summed E-state index contributed by atoms with van der Waals surface area (Å²) in [5.74, 6) is 0.840. The summed E-state index contributed by atoms with van der Waals surface area (Å²) < 4.78 is 5.63. The van der Waals surface area contributed by atoms with E-state index in [4.69, 9.17) is 4.74 Å². The Morgan fingerprint density at radius 3 is 2.14 bits per heavy atom. The molecule has 0 spiro atoms. The summed E-state index contributed by atoms with van der Waals surface area (Å²) >= 11 is 0. The van der Waals surface area contributed by atoms with Crippen LogP contribution in [0.2, 0.25) is 0 Å². The van der Waals surface area contributed by atoms with E-state index in [2.05, 4.69) is 12.2 Å². The number of nitrogens with one attached hydrogen (secondary N) is 1. The third-order valence-electron chi connectivity index (χ3n) is 3.52. The molecule has 0 aliphatic rings. The van der Waals surface area contributed by atoms with Crippen LogP contribution in [0, 0.1) is 0 Å². The van der Waals surface area contributed by atoms with Gasteiger partial charge in [-0.25, -0.2) is 0 Å². The van der Waals surface area contributed by atoms with E-state index in [9.17, 15) is 15.3 Å². The van der Waals surface area contributed by atoms with Gasteiger partial charge in [-0.05, 0) is 24.1 Å². The Hall–Kier alpha value is -1.14. The monoisotopic (exact) mass is 297 g/mol. The second-order valence-corrected chi connectivity index (χ2v) is 5.31. The van der Waals surface area contributed by atoms with Crippen molar-refractivity contribution in [1.29, 1.82) is 0 Å². The van der Waals surface area contributed by atoms with Crippen LogP contribution in [0.15, 0.2) is 24.3 Å². The topological polar surface area (TPSA) is 82.0 Å². The molecule has 0 aliphatic heterocycles. The summed E-state index contributed by atoms with van der Waals surface area (Å²) in [6.45, 7) is 2.38. The first-order valence-electron chi connectivity index (χ1n) is 7.49. The maximum absolute atomic E-state index is 9.24. The molecule has 0 amide bonds. The zero-order valence-electron chi connectivity index (χ0n) is 12.7. The van der Waals surface area contributed by atoms with E-state index in [-0.39, 0.29) is 19.8 Å². The van der Waals surface area contributed by atoms with Crippen molar-refractivity contribution in [2.45, 2.75) is 38.3 Å². The van der Waals surface area contributed by atoms with Gasteiger partial charge in [0, 0.05) is 6.54 Å². The second-order valence-electron chi connectivity index (χ2n) is 5.31. The van der Waals surface area contributed by atoms with Gasteiger partial charge in [0.05, 0.1) is 32.0 Å². The van der Waals surface area contributed by atoms with Crippen LogP contribution in [0.4, 0.5) is 0 Å². The van der Waals surface area contributed by atoms with Gasteiger partial charge in [-0.1, -0.05) is 31.9 Å². The molecule has 21 heavy (non-hydrogen) atoms. The van der Waals surface area contributed by atoms with Gasteiger partial charge in [0.15, 0.2) is 0 Å². The average Bonchev–Trinajstić information content (AvgIpc) is 2.55. The average molecular weight is 297 g/mol. The van der Waals surface area contributed by atoms with Crippen LogP contribution in [0.5, 0.6) is 5.75 Å². The lowest BCUT2D eigenvalue weighted by Gasteiger charge is -2.28. The number of aliphatic hydroxyl groups excluding tert-OH is 3. The number of unbranched alkanes of at least 4 members (excludes halogenated alkanes) is 2. The van der Waals surface area contributed by atoms with E-state index in [0.717, 1.165) is 24.3 Å². The minimum absolute atomic E-state index is 0.321. The lowest BCUT2D eigenvalue weighted by atomic mass is 10.0. The van der Waals surface area contributed by atoms with E-state index in [1.165, 1.54) is 12.8 Å². The molecule has 4 N–H and O–H groups in total. The van der Waals surface area contributed by atoms with Crippen LogP contribution in [0.1, 0.15) is 31.7 Å². The van der Waals surface area contributed by atoms with Crippen LogP contribution in [0.3, 0.4) is 0 Å². The number of aliphatic hydroxyl groups is 3. The molecule has 0 aliphatic carbocycles. The first-order chi connectivity index (χ1) is 10.2. The van der Waals surface area contributed by atoms with Crippen molar-refractivity contribution in [2.24, 2.45) is 0 Å². The Bertz CT molecular complexity index is 368. The Balaban J connectivity index is 2.43. The SMILES string of the molecule is CCCCCOc1ccc(CNC(CO)(CO)CO)cc1. The van der Waals surface area contributed by atoms with Crippen LogP contribution in [-0.4, -0.2) is 47.3 Å². The molecule has 1 rings (SSSR count). The van der Waals surface area contributed by atoms with E-state index < -0.39 is 5.54 Å². The van der Waals surface area contributed by atoms with E-state index in [1.807, 2.05) is 24.3 Å². The highest BCUT2D eigenvalue weighted by Crippen LogP contribution is 2.14. The van der Waals surface area contributed by atoms with Crippen molar-refractivity contribution in [3.63, 3.8) is 0 Å². The Labute approximate surface area is 126 Å². The Morgan fingerprint density at radius 1 is 1.00 bits per heavy atom. The zero-order chi connectivity index (χ0) is 15.6. The molecule has 0 fully saturated rings. The van der Waals surface area contributed by atoms with Gasteiger partial charge in [-0.3, -0.25) is 0 Å². The maximum atomic E-state index is 9.24. The number of ether oxygens (including phenoxy) is 1. The fraction of sp³-hybridized carbons (Fsp3) is 0.625. The van der Waals surface area contributed by atoms with Crippen molar-refractivity contribution >= 4 is 0 Å². The first kappa shape index (κ1) is 17.9. The molecule has 0 saturated heterocycles. The fourth-order valence-electron chi connectivity index (χ4n) is 1.85. The van der Waals surface area contributed by atoms with Gasteiger partial charge in [0.1, 0.15) is 5.75 Å². The highest BCUT2D eigenvalue weighted by Gasteiger charge is 2.26. The standard InChI is InChI=1S/C16H27NO4/c1-2-3-4-9-21-15-7-5-14(6-8-15)10-17-16(11-18,12-19)13-20/h5-8,17-20H,2-4,9-13H2,1H3. The predicted octanol–water partition coefficient (Wildman–Crippen LogP) is 1.06. The van der Waals surface area contributed by atoms with Crippen LogP contribution in [-0.2, 0) is 6.54 Å². The lowest BCUT2D eigenvalue weighted by molar-refractivity contribution is 0.0414. The number of benzene rings is 1. The van der Waals surface area contributed by atoms with Gasteiger partial charge < -0.3 is 25.4 Å². The maximum Gasteiger partial charge on any atom is 0.119 e. The molecular formula is C16H27NO4. The van der Waals surface area contributed by atoms with Crippen LogP contribution < -0.4 is 10.1 Å². The zero-order valence-corrected chi connectivity index (χ0v) is 12.7. The van der Waals surface area contributed by atoms with Gasteiger partial charge >= 0.3 is 0 Å². The summed E-state index contributed by atoms with van der Waals surface area (Å²) in [7, 11) is 0. The molecule has 5 nitrogen and oxygen atoms in total. The van der Waals surface area contributed by atoms with Crippen molar-refractivity contribution in [3.8, 4) is 5.75 Å². The van der Waals surface area contributed by atoms with Crippen molar-refractivity contribution < 1.29 is 20.1 Å². The summed E-state index contributed by atoms with van der Waals surface area (Å²) in [5, 5.41) is 30.7. The van der Waals surface area contributed by atoms with Crippen molar-refractivity contribution in [1.82, 2.24) is 5.32 Å². The molecule has 0 bridgehead atoms. The van der Waals surface area contributed by atoms with Crippen LogP contribution >= 0.6 is 0 Å². The van der Waals surface area contributed by atoms with E-state index in [0.29, 0.717) is 6.54 Å². The molecule has 0 heterocycles. The summed E-state index contributed by atoms with van der Waals surface area (Å²) in [5.41, 5.74) is -0.0503. The molecule has 0 radical (unpaired) electrons. The largest absolute Gasteiger partial charge is 0.494 e. The molecule has 120 valence electrons. The van der Waals surface area contributed by atoms with Crippen LogP contribution in [0.25, 0.3) is 0 Å². The van der Waals surface area contributed by atoms with Gasteiger partial charge in [0.2, 0.25) is 0 Å². The van der Waals surface area contributed by atoms with E-state index in [1.54, 1.807) is 0 Å². The smallest absolute Gasteiger partial charge is 0.119 e. The Kier molecular flexibility index (Phi) is 8.30. The predicted molar refractivity (Wildman–Crippen MR) is 82.3 cm³/mol. The molecule has 5 heteroatoms. The minimum atomic E-state index is -1.05. The first-order valence-corrected chi connectivity index (χ1v) is 7.49. The lowest BCUT2D eigenvalue weighted by Crippen LogP contribution is -2.54. The van der Waals surface area contributed by atoms with Crippen molar-refractivity contribution in [3.05, 3.63) is 29.8 Å². The third-order valence-corrected chi connectivity index (χ3v) is 3.52. The van der Waals surface area contributed by atoms with Gasteiger partial charge in [-0.15, -0.1) is 0 Å². The quantitative estimate of drug-likeness (QED) is 0.459. The molecule has 0 saturated carbocycles. The number of hydrogen-bond acceptors (Lipinski definition) is 5.